The van der Waals surface area contributed by atoms with E-state index in [-0.39, 0.29) is 24.3 Å². The first-order valence-electron chi connectivity index (χ1n) is 12.0. The molecule has 0 fully saturated rings. The number of nitrogens with one attached hydrogen (secondary N) is 3. The molecule has 0 aliphatic rings. The van der Waals surface area contributed by atoms with Gasteiger partial charge < -0.3 is 21.1 Å². The van der Waals surface area contributed by atoms with E-state index in [2.05, 4.69) is 16.7 Å². The summed E-state index contributed by atoms with van der Waals surface area (Å²) in [7, 11) is 0. The third-order valence-electron chi connectivity index (χ3n) is 5.65. The zero-order valence-corrected chi connectivity index (χ0v) is 21.0. The number of carbonyl (C=O) groups is 2. The molecule has 0 aromatic heterocycles. The van der Waals surface area contributed by atoms with Crippen LogP contribution in [0.15, 0.2) is 72.8 Å². The van der Waals surface area contributed by atoms with Gasteiger partial charge in [0.1, 0.15) is 11.9 Å². The second kappa shape index (κ2) is 12.9. The van der Waals surface area contributed by atoms with Crippen molar-refractivity contribution in [3.8, 4) is 17.2 Å². The molecule has 37 heavy (non-hydrogen) atoms. The maximum atomic E-state index is 13.0. The highest BCUT2D eigenvalue weighted by molar-refractivity contribution is 5.95. The number of amides is 2. The van der Waals surface area contributed by atoms with Crippen LogP contribution >= 0.6 is 0 Å². The molecule has 5 N–H and O–H groups in total. The van der Waals surface area contributed by atoms with Gasteiger partial charge in [-0.15, -0.1) is 0 Å². The van der Waals surface area contributed by atoms with Crippen molar-refractivity contribution in [1.29, 1.82) is 10.7 Å². The van der Waals surface area contributed by atoms with E-state index in [0.717, 1.165) is 22.3 Å². The van der Waals surface area contributed by atoms with Crippen LogP contribution in [0.3, 0.4) is 0 Å². The second-order valence-electron chi connectivity index (χ2n) is 8.86. The summed E-state index contributed by atoms with van der Waals surface area (Å²) in [4.78, 5) is 25.2. The summed E-state index contributed by atoms with van der Waals surface area (Å²) in [5, 5.41) is 22.5. The van der Waals surface area contributed by atoms with Crippen molar-refractivity contribution in [2.45, 2.75) is 38.8 Å². The average molecular weight is 498 g/mol. The maximum absolute atomic E-state index is 13.0. The van der Waals surface area contributed by atoms with E-state index in [1.54, 1.807) is 38.1 Å². The van der Waals surface area contributed by atoms with Crippen LogP contribution in [0, 0.1) is 16.7 Å². The summed E-state index contributed by atoms with van der Waals surface area (Å²) in [5.74, 6) is -0.411. The topological polar surface area (TPSA) is 141 Å². The minimum Gasteiger partial charge on any atom is -0.447 e. The number of amidine groups is 1. The first-order chi connectivity index (χ1) is 17.8. The van der Waals surface area contributed by atoms with Crippen LogP contribution < -0.4 is 16.4 Å². The van der Waals surface area contributed by atoms with Gasteiger partial charge in [-0.2, -0.15) is 5.26 Å². The third-order valence-corrected chi connectivity index (χ3v) is 5.65. The van der Waals surface area contributed by atoms with Crippen molar-refractivity contribution in [3.05, 3.63) is 95.1 Å². The van der Waals surface area contributed by atoms with E-state index in [1.807, 2.05) is 48.5 Å². The number of hydrogen-bond donors (Lipinski definition) is 4. The number of nitriles is 1. The van der Waals surface area contributed by atoms with Crippen molar-refractivity contribution in [3.63, 3.8) is 0 Å². The van der Waals surface area contributed by atoms with Gasteiger partial charge in [0.05, 0.1) is 17.7 Å². The lowest BCUT2D eigenvalue weighted by Gasteiger charge is -2.20. The van der Waals surface area contributed by atoms with Gasteiger partial charge in [0, 0.05) is 18.5 Å². The number of carbonyl (C=O) groups excluding carboxylic acids is 2. The molecule has 0 unspecified atom stereocenters. The smallest absolute Gasteiger partial charge is 0.408 e. The fourth-order valence-electron chi connectivity index (χ4n) is 3.84. The molecule has 0 heterocycles. The monoisotopic (exact) mass is 497 g/mol. The highest BCUT2D eigenvalue weighted by Crippen LogP contribution is 2.23. The molecular formula is C29H31N5O3. The molecule has 190 valence electrons. The molecular weight excluding hydrogens is 466 g/mol. The third kappa shape index (κ3) is 7.94. The molecule has 3 aromatic rings. The Kier molecular flexibility index (Phi) is 9.39. The lowest BCUT2D eigenvalue weighted by Crippen LogP contribution is -2.49. The number of nitrogen functional groups attached to an aromatic ring is 1. The molecule has 8 heteroatoms. The maximum Gasteiger partial charge on any atom is 0.408 e. The summed E-state index contributed by atoms with van der Waals surface area (Å²) >= 11 is 0. The highest BCUT2D eigenvalue weighted by Gasteiger charge is 2.22. The molecule has 1 atom stereocenters. The van der Waals surface area contributed by atoms with Gasteiger partial charge in [-0.1, -0.05) is 60.7 Å². The molecule has 0 radical (unpaired) electrons. The van der Waals surface area contributed by atoms with Crippen LogP contribution in [-0.2, 0) is 22.4 Å². The number of nitrogens with two attached hydrogens (primary N) is 1. The Bertz CT molecular complexity index is 1300. The molecule has 0 spiro atoms. The number of hydrogen-bond acceptors (Lipinski definition) is 5. The number of rotatable bonds is 10. The number of alkyl carbamates (subject to hydrolysis) is 1. The van der Waals surface area contributed by atoms with Crippen molar-refractivity contribution in [2.75, 3.05) is 6.54 Å². The lowest BCUT2D eigenvalue weighted by molar-refractivity contribution is -0.123. The Balaban J connectivity index is 1.64. The Morgan fingerprint density at radius 2 is 1.76 bits per heavy atom. The van der Waals surface area contributed by atoms with Gasteiger partial charge in [0.2, 0.25) is 5.91 Å². The zero-order valence-electron chi connectivity index (χ0n) is 21.0. The number of benzene rings is 3. The van der Waals surface area contributed by atoms with Crippen LogP contribution in [0.1, 0.15) is 36.1 Å². The first-order valence-corrected chi connectivity index (χ1v) is 12.0. The predicted octanol–water partition coefficient (Wildman–Crippen LogP) is 3.91. The zero-order chi connectivity index (χ0) is 26.8. The van der Waals surface area contributed by atoms with Gasteiger partial charge >= 0.3 is 6.09 Å². The van der Waals surface area contributed by atoms with Gasteiger partial charge in [0.25, 0.3) is 0 Å². The van der Waals surface area contributed by atoms with Crippen molar-refractivity contribution in [1.82, 2.24) is 10.6 Å². The van der Waals surface area contributed by atoms with Crippen molar-refractivity contribution in [2.24, 2.45) is 5.73 Å². The summed E-state index contributed by atoms with van der Waals surface area (Å²) in [6.07, 6.45) is -0.193. The number of nitrogens with zero attached hydrogens (tertiary/aromatic N) is 1. The molecule has 0 aliphatic heterocycles. The molecule has 3 rings (SSSR count). The van der Waals surface area contributed by atoms with Crippen LogP contribution in [0.5, 0.6) is 0 Å². The minimum absolute atomic E-state index is 0.0721. The van der Waals surface area contributed by atoms with Gasteiger partial charge in [-0.05, 0) is 54.7 Å². The standard InChI is InChI=1S/C29H31N5O3/c1-19(2)37-29(36)34-26(17-21-6-5-8-23(16-21)27(31)32)28(35)33-15-14-20-10-12-22(13-11-20)25-9-4-3-7-24(25)18-30/h3-13,16,19,26H,14-15,17H2,1-2H3,(H3,31,32)(H,33,35)(H,34,36)/t26-/m0/s1. The molecule has 0 saturated heterocycles. The van der Waals surface area contributed by atoms with Crippen molar-refractivity contribution < 1.29 is 14.3 Å². The minimum atomic E-state index is -0.863. The summed E-state index contributed by atoms with van der Waals surface area (Å²) in [6, 6.07) is 23.7. The van der Waals surface area contributed by atoms with E-state index < -0.39 is 12.1 Å². The molecule has 3 aromatic carbocycles. The Morgan fingerprint density at radius 1 is 1.03 bits per heavy atom. The summed E-state index contributed by atoms with van der Waals surface area (Å²) in [5.41, 5.74) is 10.4. The summed E-state index contributed by atoms with van der Waals surface area (Å²) in [6.45, 7) is 3.84. The second-order valence-corrected chi connectivity index (χ2v) is 8.86. The van der Waals surface area contributed by atoms with Crippen LogP contribution in [0.2, 0.25) is 0 Å². The fraction of sp³-hybridized carbons (Fsp3) is 0.241. The molecule has 2 amide bonds. The fourth-order valence-corrected chi connectivity index (χ4v) is 3.84. The SMILES string of the molecule is CC(C)OC(=O)N[C@@H](Cc1cccc(C(=N)N)c1)C(=O)NCCc1ccc(-c2ccccc2C#N)cc1. The van der Waals surface area contributed by atoms with E-state index in [1.165, 1.54) is 0 Å². The molecule has 8 nitrogen and oxygen atoms in total. The molecule has 0 bridgehead atoms. The van der Waals surface area contributed by atoms with E-state index >= 15 is 0 Å². The van der Waals surface area contributed by atoms with E-state index in [4.69, 9.17) is 15.9 Å². The van der Waals surface area contributed by atoms with Crippen molar-refractivity contribution >= 4 is 17.8 Å². The predicted molar refractivity (Wildman–Crippen MR) is 143 cm³/mol. The Morgan fingerprint density at radius 3 is 2.43 bits per heavy atom. The van der Waals surface area contributed by atoms with Crippen LogP contribution in [0.25, 0.3) is 11.1 Å². The van der Waals surface area contributed by atoms with E-state index in [9.17, 15) is 14.9 Å². The van der Waals surface area contributed by atoms with Gasteiger partial charge in [-0.3, -0.25) is 10.2 Å². The average Bonchev–Trinajstić information content (AvgIpc) is 2.88. The van der Waals surface area contributed by atoms with Gasteiger partial charge in [-0.25, -0.2) is 4.79 Å². The quantitative estimate of drug-likeness (QED) is 0.248. The Hall–Kier alpha value is -4.64. The lowest BCUT2D eigenvalue weighted by atomic mass is 9.99. The molecule has 0 saturated carbocycles. The van der Waals surface area contributed by atoms with Crippen LogP contribution in [0.4, 0.5) is 4.79 Å². The number of ether oxygens (including phenoxy) is 1. The summed E-state index contributed by atoms with van der Waals surface area (Å²) < 4.78 is 5.16. The largest absolute Gasteiger partial charge is 0.447 e. The molecule has 0 aliphatic carbocycles. The first kappa shape index (κ1) is 27.0. The van der Waals surface area contributed by atoms with Crippen LogP contribution in [-0.4, -0.2) is 36.5 Å². The van der Waals surface area contributed by atoms with Gasteiger partial charge in [0.15, 0.2) is 0 Å². The normalized spacial score (nSPS) is 11.3. The highest BCUT2D eigenvalue weighted by atomic mass is 16.6. The Labute approximate surface area is 217 Å². The van der Waals surface area contributed by atoms with E-state index in [0.29, 0.717) is 24.1 Å².